The van der Waals surface area contributed by atoms with Crippen LogP contribution in [-0.2, 0) is 4.79 Å². The number of Topliss-reactive ketones (excluding diaryl/α,β-unsaturated/α-hetero) is 1. The summed E-state index contributed by atoms with van der Waals surface area (Å²) in [5.41, 5.74) is 5.77. The van der Waals surface area contributed by atoms with Gasteiger partial charge in [0.15, 0.2) is 5.78 Å². The highest BCUT2D eigenvalue weighted by Crippen LogP contribution is 2.23. The molecule has 1 amide bonds. The lowest BCUT2D eigenvalue weighted by atomic mass is 9.92. The summed E-state index contributed by atoms with van der Waals surface area (Å²) in [5.74, 6) is 0.751. The number of likely N-dealkylation sites (tertiary alicyclic amines) is 1. The summed E-state index contributed by atoms with van der Waals surface area (Å²) in [4.78, 5) is 26.8. The summed E-state index contributed by atoms with van der Waals surface area (Å²) in [5, 5.41) is 1.88. The predicted octanol–water partition coefficient (Wildman–Crippen LogP) is 2.30. The molecule has 0 bridgehead atoms. The fourth-order valence-corrected chi connectivity index (χ4v) is 3.42. The van der Waals surface area contributed by atoms with Gasteiger partial charge in [-0.15, -0.1) is 11.3 Å². The van der Waals surface area contributed by atoms with Crippen LogP contribution in [0.4, 0.5) is 0 Å². The average Bonchev–Trinajstić information content (AvgIpc) is 2.98. The zero-order valence-electron chi connectivity index (χ0n) is 11.9. The van der Waals surface area contributed by atoms with Crippen molar-refractivity contribution in [2.24, 2.45) is 11.7 Å². The lowest BCUT2D eigenvalue weighted by molar-refractivity contribution is -0.135. The molecule has 5 heteroatoms. The minimum atomic E-state index is 0.0584. The van der Waals surface area contributed by atoms with E-state index in [-0.39, 0.29) is 17.7 Å². The molecule has 0 saturated carbocycles. The van der Waals surface area contributed by atoms with E-state index in [4.69, 9.17) is 5.73 Å². The summed E-state index contributed by atoms with van der Waals surface area (Å²) < 4.78 is 0. The number of piperidine rings is 1. The molecule has 2 unspecified atom stereocenters. The highest BCUT2D eigenvalue weighted by molar-refractivity contribution is 7.12. The van der Waals surface area contributed by atoms with Crippen LogP contribution in [0.2, 0.25) is 0 Å². The number of nitrogens with zero attached hydrogens (tertiary/aromatic N) is 1. The maximum absolute atomic E-state index is 12.3. The number of carbonyl (C=O) groups excluding carboxylic acids is 2. The van der Waals surface area contributed by atoms with Crippen LogP contribution in [0.5, 0.6) is 0 Å². The molecule has 4 nitrogen and oxygen atoms in total. The highest BCUT2D eigenvalue weighted by atomic mass is 32.1. The maximum Gasteiger partial charge on any atom is 0.223 e. The zero-order valence-corrected chi connectivity index (χ0v) is 12.7. The Labute approximate surface area is 124 Å². The first-order valence-electron chi connectivity index (χ1n) is 7.18. The molecule has 2 atom stereocenters. The van der Waals surface area contributed by atoms with Crippen LogP contribution in [0.15, 0.2) is 17.5 Å². The number of thiophene rings is 1. The molecule has 2 N–H and O–H groups in total. The normalized spacial score (nSPS) is 22.8. The first kappa shape index (κ1) is 15.2. The number of ketones is 1. The van der Waals surface area contributed by atoms with Crippen LogP contribution in [-0.4, -0.2) is 35.7 Å². The largest absolute Gasteiger partial charge is 0.338 e. The van der Waals surface area contributed by atoms with Gasteiger partial charge >= 0.3 is 0 Å². The van der Waals surface area contributed by atoms with Crippen molar-refractivity contribution in [3.8, 4) is 0 Å². The van der Waals surface area contributed by atoms with Gasteiger partial charge in [-0.3, -0.25) is 9.59 Å². The van der Waals surface area contributed by atoms with Gasteiger partial charge in [-0.2, -0.15) is 0 Å². The van der Waals surface area contributed by atoms with Crippen LogP contribution >= 0.6 is 11.3 Å². The van der Waals surface area contributed by atoms with E-state index in [1.807, 2.05) is 22.4 Å². The van der Waals surface area contributed by atoms with Gasteiger partial charge in [0, 0.05) is 32.0 Å². The number of rotatable bonds is 5. The van der Waals surface area contributed by atoms with Crippen molar-refractivity contribution in [1.29, 1.82) is 0 Å². The van der Waals surface area contributed by atoms with Crippen LogP contribution in [0.3, 0.4) is 0 Å². The Bertz CT molecular complexity index is 458. The quantitative estimate of drug-likeness (QED) is 0.848. The second kappa shape index (κ2) is 6.99. The molecule has 0 spiro atoms. The minimum Gasteiger partial charge on any atom is -0.338 e. The van der Waals surface area contributed by atoms with E-state index in [0.717, 1.165) is 24.3 Å². The van der Waals surface area contributed by atoms with Crippen LogP contribution < -0.4 is 5.73 Å². The summed E-state index contributed by atoms with van der Waals surface area (Å²) in [6.07, 6.45) is 2.59. The molecule has 2 rings (SSSR count). The van der Waals surface area contributed by atoms with Crippen molar-refractivity contribution >= 4 is 23.0 Å². The van der Waals surface area contributed by atoms with Crippen molar-refractivity contribution in [3.05, 3.63) is 22.4 Å². The molecule has 1 aromatic heterocycles. The summed E-state index contributed by atoms with van der Waals surface area (Å²) in [6.45, 7) is 3.48. The fourth-order valence-electron chi connectivity index (χ4n) is 2.73. The Kier molecular flexibility index (Phi) is 5.31. The third-order valence-electron chi connectivity index (χ3n) is 3.93. The molecule has 1 fully saturated rings. The van der Waals surface area contributed by atoms with E-state index in [2.05, 4.69) is 6.92 Å². The zero-order chi connectivity index (χ0) is 14.5. The Morgan fingerprint density at radius 3 is 2.90 bits per heavy atom. The molecule has 1 aromatic rings. The molecule has 2 heterocycles. The molecule has 0 radical (unpaired) electrons. The third kappa shape index (κ3) is 3.67. The van der Waals surface area contributed by atoms with Gasteiger partial charge in [-0.05, 0) is 30.2 Å². The van der Waals surface area contributed by atoms with Crippen LogP contribution in [0.1, 0.15) is 42.3 Å². The third-order valence-corrected chi connectivity index (χ3v) is 4.84. The van der Waals surface area contributed by atoms with Gasteiger partial charge < -0.3 is 10.6 Å². The fraction of sp³-hybridized carbons (Fsp3) is 0.600. The second-order valence-corrected chi connectivity index (χ2v) is 6.45. The van der Waals surface area contributed by atoms with Crippen LogP contribution in [0, 0.1) is 5.92 Å². The summed E-state index contributed by atoms with van der Waals surface area (Å²) in [6, 6.07) is 3.81. The second-order valence-electron chi connectivity index (χ2n) is 5.51. The van der Waals surface area contributed by atoms with E-state index in [1.54, 1.807) is 0 Å². The standard InChI is InChI=1S/C15H22N2O2S/c1-11-6-7-17(12(9-11)10-16)15(19)5-4-13(18)14-3-2-8-20-14/h2-3,8,11-12H,4-7,9-10,16H2,1H3. The molecule has 1 aliphatic heterocycles. The molecule has 1 aliphatic rings. The lowest BCUT2D eigenvalue weighted by Crippen LogP contribution is -2.49. The van der Waals surface area contributed by atoms with Crippen molar-refractivity contribution in [2.75, 3.05) is 13.1 Å². The van der Waals surface area contributed by atoms with E-state index < -0.39 is 0 Å². The Hall–Kier alpha value is -1.20. The average molecular weight is 294 g/mol. The topological polar surface area (TPSA) is 63.4 Å². The summed E-state index contributed by atoms with van der Waals surface area (Å²) in [7, 11) is 0. The molecule has 1 saturated heterocycles. The summed E-state index contributed by atoms with van der Waals surface area (Å²) >= 11 is 1.43. The number of nitrogens with two attached hydrogens (primary N) is 1. The number of hydrogen-bond acceptors (Lipinski definition) is 4. The first-order chi connectivity index (χ1) is 9.61. The molecule has 0 aromatic carbocycles. The van der Waals surface area contributed by atoms with Crippen molar-refractivity contribution in [2.45, 2.75) is 38.6 Å². The number of hydrogen-bond donors (Lipinski definition) is 1. The molecular weight excluding hydrogens is 272 g/mol. The van der Waals surface area contributed by atoms with Crippen molar-refractivity contribution in [1.82, 2.24) is 4.90 Å². The molecule has 110 valence electrons. The van der Waals surface area contributed by atoms with Gasteiger partial charge in [0.05, 0.1) is 4.88 Å². The van der Waals surface area contributed by atoms with Gasteiger partial charge in [-0.25, -0.2) is 0 Å². The van der Waals surface area contributed by atoms with E-state index in [9.17, 15) is 9.59 Å². The smallest absolute Gasteiger partial charge is 0.223 e. The predicted molar refractivity (Wildman–Crippen MR) is 80.8 cm³/mol. The Morgan fingerprint density at radius 1 is 1.45 bits per heavy atom. The lowest BCUT2D eigenvalue weighted by Gasteiger charge is -2.38. The molecule has 20 heavy (non-hydrogen) atoms. The van der Waals surface area contributed by atoms with E-state index in [1.165, 1.54) is 11.3 Å². The van der Waals surface area contributed by atoms with Gasteiger partial charge in [0.1, 0.15) is 0 Å². The number of carbonyl (C=O) groups is 2. The van der Waals surface area contributed by atoms with E-state index >= 15 is 0 Å². The minimum absolute atomic E-state index is 0.0584. The maximum atomic E-state index is 12.3. The van der Waals surface area contributed by atoms with Crippen LogP contribution in [0.25, 0.3) is 0 Å². The van der Waals surface area contributed by atoms with Gasteiger partial charge in [0.25, 0.3) is 0 Å². The SMILES string of the molecule is CC1CCN(C(=O)CCC(=O)c2cccs2)C(CN)C1. The van der Waals surface area contributed by atoms with Gasteiger partial charge in [0.2, 0.25) is 5.91 Å². The van der Waals surface area contributed by atoms with Gasteiger partial charge in [-0.1, -0.05) is 13.0 Å². The van der Waals surface area contributed by atoms with Crippen molar-refractivity contribution in [3.63, 3.8) is 0 Å². The monoisotopic (exact) mass is 294 g/mol. The Morgan fingerprint density at radius 2 is 2.25 bits per heavy atom. The van der Waals surface area contributed by atoms with E-state index in [0.29, 0.717) is 25.3 Å². The number of amides is 1. The molecular formula is C15H22N2O2S. The molecule has 0 aliphatic carbocycles. The highest BCUT2D eigenvalue weighted by Gasteiger charge is 2.28. The van der Waals surface area contributed by atoms with Crippen molar-refractivity contribution < 1.29 is 9.59 Å². The Balaban J connectivity index is 1.86. The first-order valence-corrected chi connectivity index (χ1v) is 8.06.